The van der Waals surface area contributed by atoms with Gasteiger partial charge in [-0.1, -0.05) is 30.3 Å². The number of carbonyl (C=O) groups excluding carboxylic acids is 3. The molecular formula is C16H19O6. The molecule has 22 heavy (non-hydrogen) atoms. The Hall–Kier alpha value is -1.89. The molecule has 2 atom stereocenters. The fourth-order valence-electron chi connectivity index (χ4n) is 1.70. The summed E-state index contributed by atoms with van der Waals surface area (Å²) >= 11 is 0. The fraction of sp³-hybridized carbons (Fsp3) is 0.375. The van der Waals surface area contributed by atoms with Gasteiger partial charge in [0.15, 0.2) is 25.0 Å². The molecule has 1 aromatic carbocycles. The van der Waals surface area contributed by atoms with E-state index in [1.54, 1.807) is 0 Å². The van der Waals surface area contributed by atoms with Gasteiger partial charge >= 0.3 is 0 Å². The van der Waals surface area contributed by atoms with Gasteiger partial charge in [-0.15, -0.1) is 0 Å². The van der Waals surface area contributed by atoms with E-state index in [0.29, 0.717) is 18.9 Å². The van der Waals surface area contributed by atoms with Gasteiger partial charge < -0.3 is 19.0 Å². The second kappa shape index (κ2) is 7.93. The molecule has 1 unspecified atom stereocenters. The van der Waals surface area contributed by atoms with E-state index < -0.39 is 11.6 Å². The Labute approximate surface area is 129 Å². The average molecular weight is 307 g/mol. The molecule has 0 N–H and O–H groups in total. The van der Waals surface area contributed by atoms with Crippen molar-refractivity contribution in [1.82, 2.24) is 0 Å². The van der Waals surface area contributed by atoms with Gasteiger partial charge in [0.1, 0.15) is 0 Å². The van der Waals surface area contributed by atoms with Crippen LogP contribution >= 0.6 is 0 Å². The van der Waals surface area contributed by atoms with Crippen LogP contribution in [-0.4, -0.2) is 30.4 Å². The maximum Gasteiger partial charge on any atom is 0.226 e. The predicted molar refractivity (Wildman–Crippen MR) is 77.3 cm³/mol. The minimum absolute atomic E-state index is 0.0501. The van der Waals surface area contributed by atoms with Gasteiger partial charge in [0.2, 0.25) is 11.6 Å². The lowest BCUT2D eigenvalue weighted by atomic mass is 10.2. The van der Waals surface area contributed by atoms with E-state index in [1.165, 1.54) is 20.8 Å². The molecule has 0 amide bonds. The lowest BCUT2D eigenvalue weighted by Gasteiger charge is -2.33. The number of carbonyl (C=O) groups is 3. The summed E-state index contributed by atoms with van der Waals surface area (Å²) < 4.78 is 15.9. The van der Waals surface area contributed by atoms with Crippen LogP contribution in [0.4, 0.5) is 0 Å². The first-order chi connectivity index (χ1) is 10.4. The Morgan fingerprint density at radius 2 is 1.64 bits per heavy atom. The molecule has 0 aliphatic carbocycles. The van der Waals surface area contributed by atoms with Crippen LogP contribution in [0, 0.1) is 6.10 Å². The molecule has 0 aromatic heterocycles. The number of hydrogen-bond acceptors (Lipinski definition) is 6. The van der Waals surface area contributed by atoms with Crippen molar-refractivity contribution < 1.29 is 28.6 Å². The minimum Gasteiger partial charge on any atom is -0.339 e. The summed E-state index contributed by atoms with van der Waals surface area (Å²) in [4.78, 5) is 33.1. The predicted octanol–water partition coefficient (Wildman–Crippen LogP) is 1.82. The smallest absolute Gasteiger partial charge is 0.226 e. The van der Waals surface area contributed by atoms with Crippen molar-refractivity contribution in [3.05, 3.63) is 42.0 Å². The van der Waals surface area contributed by atoms with E-state index in [9.17, 15) is 14.4 Å². The monoisotopic (exact) mass is 307 g/mol. The molecule has 0 fully saturated rings. The molecular weight excluding hydrogens is 288 g/mol. The van der Waals surface area contributed by atoms with Crippen LogP contribution in [-0.2, 0) is 35.2 Å². The average Bonchev–Trinajstić information content (AvgIpc) is 2.53. The summed E-state index contributed by atoms with van der Waals surface area (Å²) in [5, 5.41) is 0. The first-order valence-corrected chi connectivity index (χ1v) is 6.65. The molecule has 6 nitrogen and oxygen atoms in total. The first kappa shape index (κ1) is 18.2. The molecule has 1 aromatic rings. The van der Waals surface area contributed by atoms with Crippen LogP contribution in [0.1, 0.15) is 26.3 Å². The number of rotatable bonds is 10. The summed E-state index contributed by atoms with van der Waals surface area (Å²) in [6, 6.07) is 9.17. The highest BCUT2D eigenvalue weighted by atomic mass is 16.8. The summed E-state index contributed by atoms with van der Waals surface area (Å²) in [6.45, 7) is 4.15. The van der Waals surface area contributed by atoms with Crippen molar-refractivity contribution in [2.45, 2.75) is 39.0 Å². The first-order valence-electron chi connectivity index (χ1n) is 6.65. The molecule has 0 bridgehead atoms. The maximum atomic E-state index is 11.3. The zero-order chi connectivity index (χ0) is 16.6. The van der Waals surface area contributed by atoms with Gasteiger partial charge in [-0.25, -0.2) is 0 Å². The van der Waals surface area contributed by atoms with E-state index in [-0.39, 0.29) is 12.7 Å². The van der Waals surface area contributed by atoms with Gasteiger partial charge in [-0.3, -0.25) is 9.59 Å². The van der Waals surface area contributed by atoms with E-state index in [1.807, 2.05) is 30.3 Å². The third-order valence-electron chi connectivity index (χ3n) is 2.73. The van der Waals surface area contributed by atoms with Crippen molar-refractivity contribution in [2.24, 2.45) is 0 Å². The normalized spacial score (nSPS) is 16.5. The lowest BCUT2D eigenvalue weighted by Crippen LogP contribution is -2.47. The van der Waals surface area contributed by atoms with E-state index >= 15 is 0 Å². The van der Waals surface area contributed by atoms with Gasteiger partial charge in [0.05, 0.1) is 6.61 Å². The van der Waals surface area contributed by atoms with Gasteiger partial charge in [0.25, 0.3) is 0 Å². The zero-order valence-electron chi connectivity index (χ0n) is 12.8. The molecule has 119 valence electrons. The minimum atomic E-state index is -1.81. The summed E-state index contributed by atoms with van der Waals surface area (Å²) in [7, 11) is 0. The standard InChI is InChI=1S/C16H19O6/c1-13(9-17)21-16(3,12-19)22-15(2,11-18)20-10-14-7-5-4-6-8-14/h4-9,11-12H,10H2,1-3H3/t15?,16-/m0/s1. The molecule has 0 heterocycles. The van der Waals surface area contributed by atoms with Gasteiger partial charge in [-0.2, -0.15) is 0 Å². The van der Waals surface area contributed by atoms with Crippen LogP contribution < -0.4 is 0 Å². The van der Waals surface area contributed by atoms with Crippen LogP contribution in [0.25, 0.3) is 0 Å². The third-order valence-corrected chi connectivity index (χ3v) is 2.73. The summed E-state index contributed by atoms with van der Waals surface area (Å²) in [5.41, 5.74) is 0.837. The number of ether oxygens (including phenoxy) is 3. The van der Waals surface area contributed by atoms with Gasteiger partial charge in [-0.05, 0) is 26.3 Å². The maximum absolute atomic E-state index is 11.3. The largest absolute Gasteiger partial charge is 0.339 e. The van der Waals surface area contributed by atoms with Crippen molar-refractivity contribution in [3.63, 3.8) is 0 Å². The molecule has 1 radical (unpaired) electrons. The highest BCUT2D eigenvalue weighted by Gasteiger charge is 2.39. The topological polar surface area (TPSA) is 78.9 Å². The lowest BCUT2D eigenvalue weighted by molar-refractivity contribution is -0.308. The van der Waals surface area contributed by atoms with E-state index in [2.05, 4.69) is 0 Å². The van der Waals surface area contributed by atoms with Crippen molar-refractivity contribution in [3.8, 4) is 0 Å². The molecule has 0 saturated heterocycles. The molecule has 0 saturated carbocycles. The quantitative estimate of drug-likeness (QED) is 0.484. The SMILES string of the molecule is C[C](C=O)O[C@](C)(C=O)OC(C)(C=O)OCc1ccccc1. The second-order valence-corrected chi connectivity index (χ2v) is 4.97. The molecule has 1 rings (SSSR count). The highest BCUT2D eigenvalue weighted by Crippen LogP contribution is 2.24. The Morgan fingerprint density at radius 3 is 2.14 bits per heavy atom. The van der Waals surface area contributed by atoms with E-state index in [4.69, 9.17) is 14.2 Å². The highest BCUT2D eigenvalue weighted by molar-refractivity contribution is 5.67. The van der Waals surface area contributed by atoms with Crippen molar-refractivity contribution >= 4 is 18.9 Å². The molecule has 0 aliphatic rings. The van der Waals surface area contributed by atoms with Crippen molar-refractivity contribution in [2.75, 3.05) is 0 Å². The number of aldehydes is 3. The Kier molecular flexibility index (Phi) is 6.55. The Bertz CT molecular complexity index is 503. The van der Waals surface area contributed by atoms with Crippen LogP contribution in [0.3, 0.4) is 0 Å². The fourth-order valence-corrected chi connectivity index (χ4v) is 1.70. The second-order valence-electron chi connectivity index (χ2n) is 4.97. The molecule has 0 aliphatic heterocycles. The van der Waals surface area contributed by atoms with E-state index in [0.717, 1.165) is 5.56 Å². The zero-order valence-corrected chi connectivity index (χ0v) is 12.8. The number of hydrogen-bond donors (Lipinski definition) is 0. The Balaban J connectivity index is 2.76. The molecule has 6 heteroatoms. The van der Waals surface area contributed by atoms with Crippen molar-refractivity contribution in [1.29, 1.82) is 0 Å². The molecule has 0 spiro atoms. The van der Waals surface area contributed by atoms with Crippen LogP contribution in [0.2, 0.25) is 0 Å². The summed E-state index contributed by atoms with van der Waals surface area (Å²) in [6.07, 6.45) is 1.17. The van der Waals surface area contributed by atoms with Gasteiger partial charge in [0, 0.05) is 0 Å². The number of benzene rings is 1. The van der Waals surface area contributed by atoms with Crippen LogP contribution in [0.5, 0.6) is 0 Å². The van der Waals surface area contributed by atoms with Crippen LogP contribution in [0.15, 0.2) is 30.3 Å². The third kappa shape index (κ3) is 5.48. The summed E-state index contributed by atoms with van der Waals surface area (Å²) in [5.74, 6) is -3.51. The Morgan fingerprint density at radius 1 is 1.05 bits per heavy atom.